The number of carbonyl (C=O) groups excluding carboxylic acids is 1. The Morgan fingerprint density at radius 3 is 2.33 bits per heavy atom. The molecule has 0 fully saturated rings. The Kier molecular flexibility index (Phi) is 4.67. The summed E-state index contributed by atoms with van der Waals surface area (Å²) in [5, 5.41) is 9.18. The monoisotopic (exact) mass is 280 g/mol. The third-order valence-electron chi connectivity index (χ3n) is 2.60. The fraction of sp³-hybridized carbons (Fsp3) is 0.0625. The molecule has 0 aliphatic rings. The Bertz CT molecular complexity index is 686. The van der Waals surface area contributed by atoms with Crippen LogP contribution in [0.15, 0.2) is 59.6 Å². The summed E-state index contributed by atoms with van der Waals surface area (Å²) in [6, 6.07) is 17.7. The minimum atomic E-state index is -0.784. The molecule has 2 aromatic carbocycles. The van der Waals surface area contributed by atoms with Crippen molar-refractivity contribution in [3.63, 3.8) is 0 Å². The van der Waals surface area contributed by atoms with Crippen molar-refractivity contribution >= 4 is 17.6 Å². The van der Waals surface area contributed by atoms with Crippen LogP contribution in [0.5, 0.6) is 5.75 Å². The molecule has 0 N–H and O–H groups in total. The third-order valence-corrected chi connectivity index (χ3v) is 2.60. The van der Waals surface area contributed by atoms with Crippen LogP contribution in [0.4, 0.5) is 10.5 Å². The van der Waals surface area contributed by atoms with Crippen molar-refractivity contribution < 1.29 is 14.3 Å². The van der Waals surface area contributed by atoms with Crippen LogP contribution in [-0.2, 0) is 4.74 Å². The first-order valence-electron chi connectivity index (χ1n) is 6.13. The normalized spacial score (nSPS) is 10.6. The van der Waals surface area contributed by atoms with Gasteiger partial charge in [-0.1, -0.05) is 30.3 Å². The Morgan fingerprint density at radius 2 is 1.76 bits per heavy atom. The Hall–Kier alpha value is -3.13. The van der Waals surface area contributed by atoms with E-state index in [1.54, 1.807) is 24.3 Å². The summed E-state index contributed by atoms with van der Waals surface area (Å²) in [5.74, 6) is 0.346. The van der Waals surface area contributed by atoms with Crippen molar-refractivity contribution in [2.75, 3.05) is 7.11 Å². The second-order valence-electron chi connectivity index (χ2n) is 3.99. The summed E-state index contributed by atoms with van der Waals surface area (Å²) >= 11 is 0. The quantitative estimate of drug-likeness (QED) is 0.490. The summed E-state index contributed by atoms with van der Waals surface area (Å²) in [7, 11) is 1.24. The van der Waals surface area contributed by atoms with Gasteiger partial charge in [-0.05, 0) is 24.3 Å². The lowest BCUT2D eigenvalue weighted by Gasteiger charge is -2.03. The van der Waals surface area contributed by atoms with Crippen molar-refractivity contribution in [1.82, 2.24) is 0 Å². The average molecular weight is 280 g/mol. The van der Waals surface area contributed by atoms with Gasteiger partial charge in [0.15, 0.2) is 0 Å². The van der Waals surface area contributed by atoms with E-state index in [1.165, 1.54) is 7.11 Å². The lowest BCUT2D eigenvalue weighted by atomic mass is 10.1. The zero-order valence-corrected chi connectivity index (χ0v) is 11.3. The minimum Gasteiger partial charge on any atom is -0.437 e. The maximum Gasteiger partial charge on any atom is 0.513 e. The van der Waals surface area contributed by atoms with Gasteiger partial charge < -0.3 is 9.47 Å². The van der Waals surface area contributed by atoms with E-state index in [1.807, 2.05) is 30.3 Å². The summed E-state index contributed by atoms with van der Waals surface area (Å²) in [6.45, 7) is 0. The van der Waals surface area contributed by atoms with Gasteiger partial charge in [-0.3, -0.25) is 0 Å². The van der Waals surface area contributed by atoms with Crippen molar-refractivity contribution in [3.8, 4) is 11.8 Å². The zero-order chi connectivity index (χ0) is 15.1. The SMILES string of the molecule is COC(=O)Oc1ccc(N=C(C#N)c2ccccc2)cc1. The van der Waals surface area contributed by atoms with Crippen LogP contribution in [0.1, 0.15) is 5.56 Å². The van der Waals surface area contributed by atoms with E-state index in [0.29, 0.717) is 17.1 Å². The molecule has 0 saturated heterocycles. The number of carbonyl (C=O) groups is 1. The van der Waals surface area contributed by atoms with Crippen LogP contribution in [0.25, 0.3) is 0 Å². The van der Waals surface area contributed by atoms with Crippen LogP contribution >= 0.6 is 0 Å². The highest BCUT2D eigenvalue weighted by Crippen LogP contribution is 2.19. The number of nitriles is 1. The van der Waals surface area contributed by atoms with Crippen LogP contribution in [0.2, 0.25) is 0 Å². The largest absolute Gasteiger partial charge is 0.513 e. The molecule has 104 valence electrons. The number of methoxy groups -OCH3 is 1. The van der Waals surface area contributed by atoms with E-state index in [4.69, 9.17) is 4.74 Å². The van der Waals surface area contributed by atoms with E-state index in [-0.39, 0.29) is 0 Å². The minimum absolute atomic E-state index is 0.317. The van der Waals surface area contributed by atoms with E-state index in [0.717, 1.165) is 5.56 Å². The molecule has 0 atom stereocenters. The van der Waals surface area contributed by atoms with E-state index in [9.17, 15) is 10.1 Å². The first-order chi connectivity index (χ1) is 10.2. The number of nitrogens with zero attached hydrogens (tertiary/aromatic N) is 2. The maximum atomic E-state index is 11.0. The van der Waals surface area contributed by atoms with Crippen molar-refractivity contribution in [1.29, 1.82) is 5.26 Å². The standard InChI is InChI=1S/C16H12N2O3/c1-20-16(19)21-14-9-7-13(8-10-14)18-15(11-17)12-5-3-2-4-6-12/h2-10H,1H3. The first-order valence-corrected chi connectivity index (χ1v) is 6.13. The second-order valence-corrected chi connectivity index (χ2v) is 3.99. The van der Waals surface area contributed by atoms with E-state index < -0.39 is 6.16 Å². The number of ether oxygens (including phenoxy) is 2. The zero-order valence-electron chi connectivity index (χ0n) is 11.3. The molecule has 0 aliphatic heterocycles. The highest BCUT2D eigenvalue weighted by atomic mass is 16.7. The smallest absolute Gasteiger partial charge is 0.437 e. The Balaban J connectivity index is 2.20. The fourth-order valence-corrected chi connectivity index (χ4v) is 1.61. The molecule has 0 radical (unpaired) electrons. The summed E-state index contributed by atoms with van der Waals surface area (Å²) in [4.78, 5) is 15.2. The van der Waals surface area contributed by atoms with Crippen LogP contribution < -0.4 is 4.74 Å². The number of rotatable bonds is 3. The molecule has 5 nitrogen and oxygen atoms in total. The van der Waals surface area contributed by atoms with Gasteiger partial charge in [0.05, 0.1) is 12.8 Å². The van der Waals surface area contributed by atoms with Gasteiger partial charge >= 0.3 is 6.16 Å². The lowest BCUT2D eigenvalue weighted by Crippen LogP contribution is -2.06. The topological polar surface area (TPSA) is 71.7 Å². The predicted octanol–water partition coefficient (Wildman–Crippen LogP) is 3.48. The van der Waals surface area contributed by atoms with E-state index >= 15 is 0 Å². The molecule has 0 bridgehead atoms. The number of aliphatic imine (C=N–C) groups is 1. The molecule has 0 aromatic heterocycles. The average Bonchev–Trinajstić information content (AvgIpc) is 2.54. The summed E-state index contributed by atoms with van der Waals surface area (Å²) in [6.07, 6.45) is -0.784. The van der Waals surface area contributed by atoms with Gasteiger partial charge in [0.2, 0.25) is 0 Å². The van der Waals surface area contributed by atoms with E-state index in [2.05, 4.69) is 15.8 Å². The third kappa shape index (κ3) is 3.91. The molecular formula is C16H12N2O3. The fourth-order valence-electron chi connectivity index (χ4n) is 1.61. The number of hydrogen-bond donors (Lipinski definition) is 0. The summed E-state index contributed by atoms with van der Waals surface area (Å²) < 4.78 is 9.25. The molecule has 5 heteroatoms. The number of benzene rings is 2. The van der Waals surface area contributed by atoms with Gasteiger partial charge in [0.1, 0.15) is 17.5 Å². The first kappa shape index (κ1) is 14.3. The molecule has 0 heterocycles. The lowest BCUT2D eigenvalue weighted by molar-refractivity contribution is 0.121. The molecule has 21 heavy (non-hydrogen) atoms. The van der Waals surface area contributed by atoms with Crippen molar-refractivity contribution in [2.45, 2.75) is 0 Å². The Morgan fingerprint density at radius 1 is 1.10 bits per heavy atom. The van der Waals surface area contributed by atoms with Crippen LogP contribution in [0.3, 0.4) is 0 Å². The molecule has 2 rings (SSSR count). The second kappa shape index (κ2) is 6.87. The van der Waals surface area contributed by atoms with Crippen LogP contribution in [0, 0.1) is 11.3 Å². The van der Waals surface area contributed by atoms with Gasteiger partial charge in [-0.15, -0.1) is 0 Å². The van der Waals surface area contributed by atoms with Gasteiger partial charge in [0, 0.05) is 5.56 Å². The molecule has 0 unspecified atom stereocenters. The highest BCUT2D eigenvalue weighted by Gasteiger charge is 2.04. The predicted molar refractivity (Wildman–Crippen MR) is 77.7 cm³/mol. The molecule has 0 saturated carbocycles. The molecule has 0 spiro atoms. The van der Waals surface area contributed by atoms with Crippen molar-refractivity contribution in [3.05, 3.63) is 60.2 Å². The van der Waals surface area contributed by atoms with Gasteiger partial charge in [0.25, 0.3) is 0 Å². The van der Waals surface area contributed by atoms with Gasteiger partial charge in [-0.25, -0.2) is 9.79 Å². The maximum absolute atomic E-state index is 11.0. The van der Waals surface area contributed by atoms with Crippen molar-refractivity contribution in [2.24, 2.45) is 4.99 Å². The summed E-state index contributed by atoms with van der Waals surface area (Å²) in [5.41, 5.74) is 1.65. The van der Waals surface area contributed by atoms with Gasteiger partial charge in [-0.2, -0.15) is 5.26 Å². The molecule has 2 aromatic rings. The number of hydrogen-bond acceptors (Lipinski definition) is 5. The highest BCUT2D eigenvalue weighted by molar-refractivity contribution is 6.12. The Labute approximate surface area is 122 Å². The molecule has 0 aliphatic carbocycles. The molecular weight excluding hydrogens is 268 g/mol. The van der Waals surface area contributed by atoms with Crippen LogP contribution in [-0.4, -0.2) is 19.0 Å². The molecule has 0 amide bonds.